The molecule has 2 N–H and O–H groups in total. The van der Waals surface area contributed by atoms with Gasteiger partial charge < -0.3 is 5.73 Å². The summed E-state index contributed by atoms with van der Waals surface area (Å²) in [5.41, 5.74) is 7.11. The van der Waals surface area contributed by atoms with Crippen molar-refractivity contribution >= 4 is 17.7 Å². The van der Waals surface area contributed by atoms with Crippen LogP contribution < -0.4 is 5.73 Å². The number of amides is 1. The number of hydrogen-bond acceptors (Lipinski definition) is 4. The molecular formula is C12H18N4OS. The van der Waals surface area contributed by atoms with Gasteiger partial charge in [-0.05, 0) is 25.3 Å². The molecule has 1 saturated heterocycles. The number of thioether (sulfide) groups is 1. The molecule has 1 atom stereocenters. The Morgan fingerprint density at radius 3 is 3.06 bits per heavy atom. The molecule has 3 heterocycles. The van der Waals surface area contributed by atoms with E-state index < -0.39 is 5.91 Å². The van der Waals surface area contributed by atoms with E-state index in [4.69, 9.17) is 5.73 Å². The number of primary amides is 1. The molecular weight excluding hydrogens is 248 g/mol. The first-order valence-electron chi connectivity index (χ1n) is 6.21. The summed E-state index contributed by atoms with van der Waals surface area (Å²) in [6.45, 7) is 2.86. The molecule has 5 nitrogen and oxygen atoms in total. The van der Waals surface area contributed by atoms with E-state index in [-0.39, 0.29) is 0 Å². The average Bonchev–Trinajstić information content (AvgIpc) is 2.85. The van der Waals surface area contributed by atoms with Crippen LogP contribution in [0, 0.1) is 5.41 Å². The Balaban J connectivity index is 1.96. The Bertz CT molecular complexity index is 478. The number of carbonyl (C=O) groups excluding carboxylic acids is 1. The first-order chi connectivity index (χ1) is 8.58. The molecule has 0 aliphatic carbocycles. The number of nitrogens with zero attached hydrogens (tertiary/aromatic N) is 3. The van der Waals surface area contributed by atoms with Gasteiger partial charge in [0.2, 0.25) is 0 Å². The minimum atomic E-state index is -0.437. The maximum Gasteiger partial charge on any atom is 0.269 e. The van der Waals surface area contributed by atoms with E-state index >= 15 is 0 Å². The van der Waals surface area contributed by atoms with E-state index in [0.29, 0.717) is 11.1 Å². The van der Waals surface area contributed by atoms with E-state index in [9.17, 15) is 4.79 Å². The Morgan fingerprint density at radius 2 is 2.39 bits per heavy atom. The lowest BCUT2D eigenvalue weighted by molar-refractivity contribution is 0.0993. The minimum Gasteiger partial charge on any atom is -0.364 e. The SMILES string of the molecule is CN1Cc2cc(C(N)=O)nn2CC2(CCSC2)C1. The molecule has 3 rings (SSSR count). The topological polar surface area (TPSA) is 64.2 Å². The second-order valence-electron chi connectivity index (χ2n) is 5.52. The van der Waals surface area contributed by atoms with Crippen LogP contribution in [0.3, 0.4) is 0 Å². The van der Waals surface area contributed by atoms with Crippen LogP contribution >= 0.6 is 11.8 Å². The standard InChI is InChI=1S/C12H18N4OS/c1-15-5-9-4-10(11(13)17)14-16(9)7-12(6-15)2-3-18-8-12/h4H,2-3,5-8H2,1H3,(H2,13,17). The van der Waals surface area contributed by atoms with Crippen molar-refractivity contribution < 1.29 is 4.79 Å². The number of nitrogens with two attached hydrogens (primary N) is 1. The highest BCUT2D eigenvalue weighted by Gasteiger charge is 2.38. The lowest BCUT2D eigenvalue weighted by Crippen LogP contribution is -2.36. The summed E-state index contributed by atoms with van der Waals surface area (Å²) in [5.74, 6) is 1.98. The smallest absolute Gasteiger partial charge is 0.269 e. The monoisotopic (exact) mass is 266 g/mol. The number of carbonyl (C=O) groups is 1. The van der Waals surface area contributed by atoms with Gasteiger partial charge in [-0.15, -0.1) is 0 Å². The highest BCUT2D eigenvalue weighted by molar-refractivity contribution is 7.99. The van der Waals surface area contributed by atoms with Gasteiger partial charge in [0.1, 0.15) is 5.69 Å². The molecule has 2 aliphatic heterocycles. The zero-order chi connectivity index (χ0) is 12.8. The second kappa shape index (κ2) is 4.28. The van der Waals surface area contributed by atoms with Crippen molar-refractivity contribution in [3.63, 3.8) is 0 Å². The van der Waals surface area contributed by atoms with E-state index in [0.717, 1.165) is 25.3 Å². The summed E-state index contributed by atoms with van der Waals surface area (Å²) >= 11 is 2.02. The maximum atomic E-state index is 11.2. The molecule has 1 spiro atoms. The van der Waals surface area contributed by atoms with Gasteiger partial charge in [0.05, 0.1) is 5.69 Å². The van der Waals surface area contributed by atoms with Gasteiger partial charge in [0.25, 0.3) is 5.91 Å². The van der Waals surface area contributed by atoms with Crippen molar-refractivity contribution in [1.82, 2.24) is 14.7 Å². The number of rotatable bonds is 1. The van der Waals surface area contributed by atoms with Crippen molar-refractivity contribution in [3.8, 4) is 0 Å². The molecule has 2 aliphatic rings. The minimum absolute atomic E-state index is 0.311. The third-order valence-electron chi connectivity index (χ3n) is 3.82. The van der Waals surface area contributed by atoms with E-state index in [1.165, 1.54) is 17.9 Å². The Hall–Kier alpha value is -1.01. The van der Waals surface area contributed by atoms with Gasteiger partial charge >= 0.3 is 0 Å². The lowest BCUT2D eigenvalue weighted by Gasteiger charge is -2.29. The van der Waals surface area contributed by atoms with Crippen molar-refractivity contribution in [2.45, 2.75) is 19.5 Å². The third-order valence-corrected chi connectivity index (χ3v) is 5.13. The largest absolute Gasteiger partial charge is 0.364 e. The predicted molar refractivity (Wildman–Crippen MR) is 71.5 cm³/mol. The Kier molecular flexibility index (Phi) is 2.86. The molecule has 1 amide bonds. The van der Waals surface area contributed by atoms with Gasteiger partial charge in [0.15, 0.2) is 0 Å². The number of fused-ring (bicyclic) bond motifs is 1. The summed E-state index contributed by atoms with van der Waals surface area (Å²) in [5, 5.41) is 4.37. The zero-order valence-electron chi connectivity index (χ0n) is 10.6. The molecule has 1 fully saturated rings. The van der Waals surface area contributed by atoms with Crippen LogP contribution in [0.5, 0.6) is 0 Å². The molecule has 1 aromatic heterocycles. The average molecular weight is 266 g/mol. The molecule has 18 heavy (non-hydrogen) atoms. The number of aromatic nitrogens is 2. The summed E-state index contributed by atoms with van der Waals surface area (Å²) in [6, 6.07) is 1.83. The fourth-order valence-corrected chi connectivity index (χ4v) is 4.49. The van der Waals surface area contributed by atoms with Crippen LogP contribution in [0.1, 0.15) is 22.6 Å². The summed E-state index contributed by atoms with van der Waals surface area (Å²) in [6.07, 6.45) is 1.23. The summed E-state index contributed by atoms with van der Waals surface area (Å²) in [7, 11) is 2.14. The first-order valence-corrected chi connectivity index (χ1v) is 7.36. The zero-order valence-corrected chi connectivity index (χ0v) is 11.4. The van der Waals surface area contributed by atoms with Gasteiger partial charge in [-0.25, -0.2) is 0 Å². The van der Waals surface area contributed by atoms with Crippen LogP contribution in [-0.2, 0) is 13.1 Å². The van der Waals surface area contributed by atoms with Gasteiger partial charge in [-0.1, -0.05) is 0 Å². The van der Waals surface area contributed by atoms with Gasteiger partial charge in [0, 0.05) is 30.8 Å². The van der Waals surface area contributed by atoms with E-state index in [1.807, 2.05) is 22.5 Å². The third kappa shape index (κ3) is 2.03. The van der Waals surface area contributed by atoms with E-state index in [2.05, 4.69) is 17.0 Å². The normalized spacial score (nSPS) is 28.3. The van der Waals surface area contributed by atoms with Crippen LogP contribution in [-0.4, -0.2) is 45.7 Å². The first kappa shape index (κ1) is 12.0. The van der Waals surface area contributed by atoms with Crippen molar-refractivity contribution in [2.75, 3.05) is 25.1 Å². The molecule has 0 bridgehead atoms. The Morgan fingerprint density at radius 1 is 1.56 bits per heavy atom. The summed E-state index contributed by atoms with van der Waals surface area (Å²) in [4.78, 5) is 13.6. The van der Waals surface area contributed by atoms with Gasteiger partial charge in [-0.3, -0.25) is 14.4 Å². The maximum absolute atomic E-state index is 11.2. The molecule has 0 saturated carbocycles. The highest BCUT2D eigenvalue weighted by Crippen LogP contribution is 2.39. The second-order valence-corrected chi connectivity index (χ2v) is 6.62. The molecule has 1 unspecified atom stereocenters. The van der Waals surface area contributed by atoms with Crippen molar-refractivity contribution in [3.05, 3.63) is 17.5 Å². The fraction of sp³-hybridized carbons (Fsp3) is 0.667. The summed E-state index contributed by atoms with van der Waals surface area (Å²) < 4.78 is 2.00. The van der Waals surface area contributed by atoms with Crippen molar-refractivity contribution in [2.24, 2.45) is 11.1 Å². The molecule has 6 heteroatoms. The molecule has 98 valence electrons. The fourth-order valence-electron chi connectivity index (χ4n) is 3.01. The quantitative estimate of drug-likeness (QED) is 0.806. The van der Waals surface area contributed by atoms with Crippen LogP contribution in [0.25, 0.3) is 0 Å². The van der Waals surface area contributed by atoms with Crippen LogP contribution in [0.4, 0.5) is 0 Å². The highest BCUT2D eigenvalue weighted by atomic mass is 32.2. The molecule has 1 aromatic rings. The predicted octanol–water partition coefficient (Wildman–Crippen LogP) is 0.551. The Labute approximate surface area is 111 Å². The van der Waals surface area contributed by atoms with E-state index in [1.54, 1.807) is 0 Å². The molecule has 0 aromatic carbocycles. The van der Waals surface area contributed by atoms with Crippen molar-refractivity contribution in [1.29, 1.82) is 0 Å². The number of hydrogen-bond donors (Lipinski definition) is 1. The lowest BCUT2D eigenvalue weighted by atomic mass is 9.87. The van der Waals surface area contributed by atoms with Crippen LogP contribution in [0.15, 0.2) is 6.07 Å². The van der Waals surface area contributed by atoms with Gasteiger partial charge in [-0.2, -0.15) is 16.9 Å². The van der Waals surface area contributed by atoms with Crippen LogP contribution in [0.2, 0.25) is 0 Å². The molecule has 0 radical (unpaired) electrons.